The summed E-state index contributed by atoms with van der Waals surface area (Å²) in [5, 5.41) is 8.25. The second-order valence-corrected chi connectivity index (χ2v) is 3.33. The average molecular weight is 276 g/mol. The van der Waals surface area contributed by atoms with Gasteiger partial charge in [-0.15, -0.1) is 0 Å². The van der Waals surface area contributed by atoms with E-state index in [9.17, 15) is 0 Å². The number of rotatable bonds is 3. The fourth-order valence-electron chi connectivity index (χ4n) is 0.925. The van der Waals surface area contributed by atoms with E-state index in [0.717, 1.165) is 25.9 Å². The zero-order valence-corrected chi connectivity index (χ0v) is 15.8. The van der Waals surface area contributed by atoms with E-state index in [1.807, 2.05) is 38.1 Å². The van der Waals surface area contributed by atoms with Crippen molar-refractivity contribution in [2.24, 2.45) is 0 Å². The Morgan fingerprint density at radius 3 is 2.11 bits per heavy atom. The first-order valence-corrected chi connectivity index (χ1v) is 5.92. The van der Waals surface area contributed by atoms with Crippen LogP contribution in [0.1, 0.15) is 32.8 Å². The molecular weight excluding hydrogens is 251 g/mol. The zero-order valence-electron chi connectivity index (χ0n) is 12.7. The van der Waals surface area contributed by atoms with E-state index in [4.69, 9.17) is 9.84 Å². The molecule has 0 bridgehead atoms. The van der Waals surface area contributed by atoms with Gasteiger partial charge in [-0.2, -0.15) is 7.11 Å². The predicted octanol–water partition coefficient (Wildman–Crippen LogP) is 0.347. The summed E-state index contributed by atoms with van der Waals surface area (Å²) in [6.07, 6.45) is 5.06. The van der Waals surface area contributed by atoms with Crippen molar-refractivity contribution in [1.82, 2.24) is 0 Å². The number of ether oxygens (including phenoxy) is 1. The van der Waals surface area contributed by atoms with E-state index in [1.165, 1.54) is 5.56 Å². The van der Waals surface area contributed by atoms with Gasteiger partial charge < -0.3 is 9.84 Å². The molecule has 98 valence electrons. The monoisotopic (exact) mass is 276 g/mol. The topological polar surface area (TPSA) is 32.3 Å². The molecule has 0 aliphatic heterocycles. The maximum atomic E-state index is 8.25. The molecule has 0 unspecified atom stereocenters. The number of hydrogen-bond donors (Lipinski definition) is 0. The van der Waals surface area contributed by atoms with E-state index in [-0.39, 0.29) is 51.4 Å². The van der Waals surface area contributed by atoms with Crippen molar-refractivity contribution < 1.29 is 61.2 Å². The molecule has 3 heteroatoms. The van der Waals surface area contributed by atoms with Gasteiger partial charge in [0.15, 0.2) is 0 Å². The number of benzene rings is 1. The number of aryl methyl sites for hydroxylation is 1. The van der Waals surface area contributed by atoms with Crippen LogP contribution in [0.2, 0.25) is 0 Å². The smallest absolute Gasteiger partial charge is 0.857 e. The van der Waals surface area contributed by atoms with Gasteiger partial charge in [0.05, 0.1) is 6.61 Å². The van der Waals surface area contributed by atoms with Crippen molar-refractivity contribution in [3.05, 3.63) is 42.0 Å². The Bertz CT molecular complexity index is 282. The second kappa shape index (κ2) is 19.7. The van der Waals surface area contributed by atoms with E-state index < -0.39 is 0 Å². The first-order chi connectivity index (χ1) is 8.24. The summed E-state index contributed by atoms with van der Waals surface area (Å²) in [7, 11) is 0.750. The van der Waals surface area contributed by atoms with Crippen LogP contribution in [0.15, 0.2) is 36.4 Å². The van der Waals surface area contributed by atoms with Gasteiger partial charge >= 0.3 is 51.4 Å². The maximum absolute atomic E-state index is 8.25. The molecule has 0 fully saturated rings. The zero-order chi connectivity index (χ0) is 13.5. The fraction of sp³-hybridized carbons (Fsp3) is 0.467. The van der Waals surface area contributed by atoms with Crippen LogP contribution in [-0.4, -0.2) is 13.7 Å². The molecule has 0 N–H and O–H groups in total. The van der Waals surface area contributed by atoms with E-state index >= 15 is 0 Å². The molecule has 0 radical (unpaired) electrons. The Morgan fingerprint density at radius 2 is 1.72 bits per heavy atom. The molecular formula is C15H25KO2. The van der Waals surface area contributed by atoms with Crippen LogP contribution in [0, 0.1) is 6.92 Å². The molecule has 0 saturated carbocycles. The Morgan fingerprint density at radius 1 is 1.17 bits per heavy atom. The van der Waals surface area contributed by atoms with Crippen LogP contribution >= 0.6 is 0 Å². The minimum atomic E-state index is 0. The molecule has 1 rings (SSSR count). The van der Waals surface area contributed by atoms with Gasteiger partial charge in [-0.1, -0.05) is 31.2 Å². The Balaban J connectivity index is -0.000000277. The minimum absolute atomic E-state index is 0. The molecule has 0 atom stereocenters. The van der Waals surface area contributed by atoms with Gasteiger partial charge in [-0.3, -0.25) is 0 Å². The largest absolute Gasteiger partial charge is 1.00 e. The molecule has 1 aromatic rings. The first kappa shape index (κ1) is 23.4. The van der Waals surface area contributed by atoms with Gasteiger partial charge in [-0.25, -0.2) is 0 Å². The van der Waals surface area contributed by atoms with Crippen molar-refractivity contribution >= 4 is 0 Å². The minimum Gasteiger partial charge on any atom is -0.857 e. The van der Waals surface area contributed by atoms with Gasteiger partial charge in [0.2, 0.25) is 0 Å². The molecule has 0 spiro atoms. The molecule has 0 saturated heterocycles. The molecule has 0 aliphatic carbocycles. The van der Waals surface area contributed by atoms with Crippen LogP contribution in [0.3, 0.4) is 0 Å². The summed E-state index contributed by atoms with van der Waals surface area (Å²) < 4.78 is 5.44. The molecule has 0 amide bonds. The predicted molar refractivity (Wildman–Crippen MR) is 73.4 cm³/mol. The average Bonchev–Trinajstić information content (AvgIpc) is 2.39. The van der Waals surface area contributed by atoms with E-state index in [1.54, 1.807) is 0 Å². The van der Waals surface area contributed by atoms with Crippen LogP contribution in [0.4, 0.5) is 0 Å². The SMILES string of the molecule is C/C=C/C.CCCOc1cccc(C)c1.C[O-].[K+]. The van der Waals surface area contributed by atoms with E-state index in [2.05, 4.69) is 26.0 Å². The number of hydrogen-bond acceptors (Lipinski definition) is 2. The van der Waals surface area contributed by atoms with Crippen LogP contribution in [0.25, 0.3) is 0 Å². The van der Waals surface area contributed by atoms with Crippen molar-refractivity contribution in [2.45, 2.75) is 34.1 Å². The Hall–Kier alpha value is 0.356. The molecule has 0 aliphatic rings. The second-order valence-electron chi connectivity index (χ2n) is 3.33. The van der Waals surface area contributed by atoms with Crippen LogP contribution < -0.4 is 61.2 Å². The van der Waals surface area contributed by atoms with Crippen LogP contribution in [0.5, 0.6) is 5.75 Å². The van der Waals surface area contributed by atoms with Gasteiger partial charge in [0.25, 0.3) is 0 Å². The van der Waals surface area contributed by atoms with Crippen molar-refractivity contribution in [3.63, 3.8) is 0 Å². The summed E-state index contributed by atoms with van der Waals surface area (Å²) >= 11 is 0. The standard InChI is InChI=1S/C10H14O.C4H8.CH3O.K/c1-3-7-11-10-6-4-5-9(2)8-10;1-3-4-2;1-2;/h4-6,8H,3,7H2,1-2H3;3-4H,1-2H3;1H3;/q;;-1;+1/b;4-3+;;. The quantitative estimate of drug-likeness (QED) is 0.589. The summed E-state index contributed by atoms with van der Waals surface area (Å²) in [5.41, 5.74) is 1.25. The van der Waals surface area contributed by atoms with Crippen molar-refractivity contribution in [3.8, 4) is 5.75 Å². The molecule has 1 aromatic carbocycles. The molecule has 0 aromatic heterocycles. The summed E-state index contributed by atoms with van der Waals surface area (Å²) in [6, 6.07) is 8.12. The molecule has 18 heavy (non-hydrogen) atoms. The van der Waals surface area contributed by atoms with Gasteiger partial charge in [-0.05, 0) is 44.9 Å². The third-order valence-electron chi connectivity index (χ3n) is 1.80. The van der Waals surface area contributed by atoms with Gasteiger partial charge in [0, 0.05) is 0 Å². The first-order valence-electron chi connectivity index (χ1n) is 5.92. The maximum Gasteiger partial charge on any atom is 1.00 e. The summed E-state index contributed by atoms with van der Waals surface area (Å²) in [4.78, 5) is 0. The third-order valence-corrected chi connectivity index (χ3v) is 1.80. The van der Waals surface area contributed by atoms with Crippen LogP contribution in [-0.2, 0) is 0 Å². The Labute approximate surface area is 155 Å². The van der Waals surface area contributed by atoms with E-state index in [0.29, 0.717) is 0 Å². The molecule has 2 nitrogen and oxygen atoms in total. The number of allylic oxidation sites excluding steroid dienone is 2. The summed E-state index contributed by atoms with van der Waals surface area (Å²) in [5.74, 6) is 0.979. The Kier molecular flexibility index (Phi) is 25.7. The third kappa shape index (κ3) is 16.4. The fourth-order valence-corrected chi connectivity index (χ4v) is 0.925. The summed E-state index contributed by atoms with van der Waals surface area (Å²) in [6.45, 7) is 8.98. The van der Waals surface area contributed by atoms with Crippen molar-refractivity contribution in [1.29, 1.82) is 0 Å². The van der Waals surface area contributed by atoms with Gasteiger partial charge in [0.1, 0.15) is 5.75 Å². The normalized spacial score (nSPS) is 8.33. The molecule has 0 heterocycles. The van der Waals surface area contributed by atoms with Crippen molar-refractivity contribution in [2.75, 3.05) is 13.7 Å².